The minimum Gasteiger partial charge on any atom is -0.481 e. The van der Waals surface area contributed by atoms with Crippen molar-refractivity contribution >= 4 is 27.4 Å². The molecule has 0 amide bonds. The van der Waals surface area contributed by atoms with Crippen LogP contribution in [0.5, 0.6) is 0 Å². The van der Waals surface area contributed by atoms with Gasteiger partial charge in [-0.3, -0.25) is 4.79 Å². The monoisotopic (exact) mass is 276 g/mol. The van der Waals surface area contributed by atoms with Crippen LogP contribution in [0.1, 0.15) is 13.8 Å². The van der Waals surface area contributed by atoms with Crippen LogP contribution in [0.15, 0.2) is 29.2 Å². The highest BCUT2D eigenvalue weighted by molar-refractivity contribution is 7.92. The van der Waals surface area contributed by atoms with Gasteiger partial charge in [0.05, 0.1) is 16.1 Å². The van der Waals surface area contributed by atoms with Crippen LogP contribution in [-0.4, -0.2) is 24.7 Å². The lowest BCUT2D eigenvalue weighted by atomic mass is 10.1. The van der Waals surface area contributed by atoms with Crippen LogP contribution in [0.4, 0.5) is 0 Å². The quantitative estimate of drug-likeness (QED) is 0.915. The zero-order chi connectivity index (χ0) is 13.2. The van der Waals surface area contributed by atoms with Crippen molar-refractivity contribution in [2.75, 3.05) is 0 Å². The Bertz CT molecular complexity index is 507. The third-order valence-corrected chi connectivity index (χ3v) is 5.29. The molecule has 1 aromatic carbocycles. The highest BCUT2D eigenvalue weighted by Crippen LogP contribution is 2.23. The molecule has 2 atom stereocenters. The Labute approximate surface area is 105 Å². The molecule has 0 heterocycles. The molecule has 0 radical (unpaired) electrons. The summed E-state index contributed by atoms with van der Waals surface area (Å²) < 4.78 is 24.2. The Morgan fingerprint density at radius 2 is 1.71 bits per heavy atom. The number of hydrogen-bond acceptors (Lipinski definition) is 3. The molecule has 6 heteroatoms. The molecule has 1 aromatic rings. The first-order valence-electron chi connectivity index (χ1n) is 4.99. The smallest absolute Gasteiger partial charge is 0.307 e. The van der Waals surface area contributed by atoms with E-state index in [1.807, 2.05) is 0 Å². The van der Waals surface area contributed by atoms with Gasteiger partial charge in [-0.25, -0.2) is 8.42 Å². The summed E-state index contributed by atoms with van der Waals surface area (Å²) in [6.07, 6.45) is 0. The third-order valence-electron chi connectivity index (χ3n) is 2.73. The lowest BCUT2D eigenvalue weighted by molar-refractivity contribution is -0.141. The number of rotatable bonds is 4. The molecular weight excluding hydrogens is 264 g/mol. The van der Waals surface area contributed by atoms with Crippen LogP contribution in [-0.2, 0) is 14.6 Å². The number of carboxylic acid groups (broad SMARTS) is 1. The fourth-order valence-electron chi connectivity index (χ4n) is 1.31. The molecule has 0 aromatic heterocycles. The largest absolute Gasteiger partial charge is 0.481 e. The minimum absolute atomic E-state index is 0.0856. The van der Waals surface area contributed by atoms with E-state index >= 15 is 0 Å². The average molecular weight is 277 g/mol. The third kappa shape index (κ3) is 2.98. The molecular formula is C11H13ClO4S. The van der Waals surface area contributed by atoms with E-state index in [0.717, 1.165) is 0 Å². The second-order valence-corrected chi connectivity index (χ2v) is 6.57. The van der Waals surface area contributed by atoms with Gasteiger partial charge in [-0.05, 0) is 31.2 Å². The fourth-order valence-corrected chi connectivity index (χ4v) is 3.03. The second-order valence-electron chi connectivity index (χ2n) is 3.83. The van der Waals surface area contributed by atoms with Gasteiger partial charge in [0, 0.05) is 5.02 Å². The van der Waals surface area contributed by atoms with Crippen molar-refractivity contribution in [1.82, 2.24) is 0 Å². The van der Waals surface area contributed by atoms with Crippen molar-refractivity contribution in [1.29, 1.82) is 0 Å². The van der Waals surface area contributed by atoms with Gasteiger partial charge in [-0.1, -0.05) is 18.5 Å². The predicted molar refractivity (Wildman–Crippen MR) is 64.9 cm³/mol. The highest BCUT2D eigenvalue weighted by atomic mass is 35.5. The number of benzene rings is 1. The zero-order valence-corrected chi connectivity index (χ0v) is 11.0. The molecule has 0 fully saturated rings. The Hall–Kier alpha value is -1.07. The summed E-state index contributed by atoms with van der Waals surface area (Å²) in [5.41, 5.74) is 0. The van der Waals surface area contributed by atoms with Crippen LogP contribution < -0.4 is 0 Å². The molecule has 0 bridgehead atoms. The highest BCUT2D eigenvalue weighted by Gasteiger charge is 2.32. The summed E-state index contributed by atoms with van der Waals surface area (Å²) >= 11 is 5.67. The summed E-state index contributed by atoms with van der Waals surface area (Å²) in [6, 6.07) is 5.69. The van der Waals surface area contributed by atoms with Gasteiger partial charge in [-0.15, -0.1) is 0 Å². The molecule has 0 spiro atoms. The van der Waals surface area contributed by atoms with Crippen molar-refractivity contribution < 1.29 is 18.3 Å². The number of aliphatic carboxylic acids is 1. The topological polar surface area (TPSA) is 71.4 Å². The van der Waals surface area contributed by atoms with E-state index in [1.54, 1.807) is 0 Å². The van der Waals surface area contributed by atoms with Crippen LogP contribution >= 0.6 is 11.6 Å². The maximum Gasteiger partial charge on any atom is 0.307 e. The Kier molecular flexibility index (Phi) is 4.16. The van der Waals surface area contributed by atoms with E-state index in [0.29, 0.717) is 5.02 Å². The normalized spacial score (nSPS) is 15.2. The lowest BCUT2D eigenvalue weighted by Crippen LogP contribution is -2.30. The summed E-state index contributed by atoms with van der Waals surface area (Å²) in [4.78, 5) is 10.9. The van der Waals surface area contributed by atoms with Gasteiger partial charge in [0.15, 0.2) is 9.84 Å². The van der Waals surface area contributed by atoms with Crippen molar-refractivity contribution in [3.8, 4) is 0 Å². The molecule has 2 unspecified atom stereocenters. The van der Waals surface area contributed by atoms with Gasteiger partial charge in [-0.2, -0.15) is 0 Å². The number of carbonyl (C=O) groups is 1. The van der Waals surface area contributed by atoms with Crippen molar-refractivity contribution in [2.45, 2.75) is 24.0 Å². The number of carboxylic acids is 1. The van der Waals surface area contributed by atoms with Gasteiger partial charge in [0.1, 0.15) is 0 Å². The van der Waals surface area contributed by atoms with E-state index in [9.17, 15) is 13.2 Å². The Morgan fingerprint density at radius 1 is 1.24 bits per heavy atom. The molecule has 0 aliphatic carbocycles. The van der Waals surface area contributed by atoms with E-state index in [1.165, 1.54) is 38.1 Å². The van der Waals surface area contributed by atoms with E-state index in [2.05, 4.69) is 0 Å². The van der Waals surface area contributed by atoms with E-state index in [-0.39, 0.29) is 4.90 Å². The number of sulfone groups is 1. The van der Waals surface area contributed by atoms with Crippen molar-refractivity contribution in [3.63, 3.8) is 0 Å². The lowest BCUT2D eigenvalue weighted by Gasteiger charge is -2.16. The van der Waals surface area contributed by atoms with E-state index < -0.39 is 27.0 Å². The Morgan fingerprint density at radius 3 is 2.12 bits per heavy atom. The van der Waals surface area contributed by atoms with Crippen LogP contribution in [0.2, 0.25) is 5.02 Å². The van der Waals surface area contributed by atoms with Gasteiger partial charge < -0.3 is 5.11 Å². The molecule has 0 saturated carbocycles. The van der Waals surface area contributed by atoms with Crippen LogP contribution in [0.3, 0.4) is 0 Å². The Balaban J connectivity index is 3.11. The van der Waals surface area contributed by atoms with Crippen molar-refractivity contribution in [3.05, 3.63) is 29.3 Å². The van der Waals surface area contributed by atoms with Gasteiger partial charge in [0.25, 0.3) is 0 Å². The summed E-state index contributed by atoms with van der Waals surface area (Å²) in [7, 11) is -3.64. The summed E-state index contributed by atoms with van der Waals surface area (Å²) in [5.74, 6) is -2.09. The fraction of sp³-hybridized carbons (Fsp3) is 0.364. The summed E-state index contributed by atoms with van der Waals surface area (Å²) in [6.45, 7) is 2.77. The second kappa shape index (κ2) is 5.06. The van der Waals surface area contributed by atoms with Gasteiger partial charge in [0.2, 0.25) is 0 Å². The molecule has 1 N–H and O–H groups in total. The maximum absolute atomic E-state index is 12.1. The van der Waals surface area contributed by atoms with Crippen LogP contribution in [0, 0.1) is 5.92 Å². The SMILES string of the molecule is CC(C(=O)O)C(C)S(=O)(=O)c1ccc(Cl)cc1. The minimum atomic E-state index is -3.64. The molecule has 17 heavy (non-hydrogen) atoms. The molecule has 1 rings (SSSR count). The first-order chi connectivity index (χ1) is 7.76. The van der Waals surface area contributed by atoms with Gasteiger partial charge >= 0.3 is 5.97 Å². The zero-order valence-electron chi connectivity index (χ0n) is 9.42. The molecule has 4 nitrogen and oxygen atoms in total. The predicted octanol–water partition coefficient (Wildman–Crippen LogP) is 2.22. The maximum atomic E-state index is 12.1. The summed E-state index contributed by atoms with van der Waals surface area (Å²) in [5, 5.41) is 8.27. The molecule has 0 saturated heterocycles. The molecule has 0 aliphatic rings. The first kappa shape index (κ1) is 14.0. The van der Waals surface area contributed by atoms with Crippen LogP contribution in [0.25, 0.3) is 0 Å². The molecule has 94 valence electrons. The molecule has 0 aliphatic heterocycles. The average Bonchev–Trinajstić information content (AvgIpc) is 2.27. The van der Waals surface area contributed by atoms with E-state index in [4.69, 9.17) is 16.7 Å². The first-order valence-corrected chi connectivity index (χ1v) is 6.91. The standard InChI is InChI=1S/C11H13ClO4S/c1-7(11(13)14)8(2)17(15,16)10-5-3-9(12)4-6-10/h3-8H,1-2H3,(H,13,14). The number of hydrogen-bond donors (Lipinski definition) is 1. The van der Waals surface area contributed by atoms with Crippen molar-refractivity contribution in [2.24, 2.45) is 5.92 Å². The number of halogens is 1.